The van der Waals surface area contributed by atoms with Gasteiger partial charge in [-0.05, 0) is 56.2 Å². The molecule has 9 heteroatoms. The van der Waals surface area contributed by atoms with E-state index in [2.05, 4.69) is 73.4 Å². The summed E-state index contributed by atoms with van der Waals surface area (Å²) in [5, 5.41) is 3.33. The number of likely N-dealkylation sites (N-methyl/N-ethyl adjacent to an activating group) is 1. The van der Waals surface area contributed by atoms with Gasteiger partial charge in [0.05, 0.1) is 12.8 Å². The zero-order chi connectivity index (χ0) is 26.8. The Morgan fingerprint density at radius 2 is 1.85 bits per heavy atom. The Morgan fingerprint density at radius 3 is 2.62 bits per heavy atom. The van der Waals surface area contributed by atoms with Crippen LogP contribution in [0, 0.1) is 0 Å². The second-order valence-electron chi connectivity index (χ2n) is 10.8. The summed E-state index contributed by atoms with van der Waals surface area (Å²) in [5.74, 6) is 2.85. The second-order valence-corrected chi connectivity index (χ2v) is 11.9. The maximum atomic E-state index is 6.46. The number of benzene rings is 2. The number of piperidine rings is 1. The van der Waals surface area contributed by atoms with Gasteiger partial charge in [0, 0.05) is 79.3 Å². The van der Waals surface area contributed by atoms with Crippen molar-refractivity contribution in [3.05, 3.63) is 48.2 Å². The molecule has 0 atom stereocenters. The number of aryl methyl sites for hydroxylation is 1. The van der Waals surface area contributed by atoms with Gasteiger partial charge in [0.2, 0.25) is 5.95 Å². The first-order chi connectivity index (χ1) is 19.1. The van der Waals surface area contributed by atoms with Crippen LogP contribution in [0.1, 0.15) is 24.8 Å². The van der Waals surface area contributed by atoms with E-state index >= 15 is 0 Å². The van der Waals surface area contributed by atoms with Crippen molar-refractivity contribution in [3.8, 4) is 16.9 Å². The average molecular weight is 546 g/mol. The summed E-state index contributed by atoms with van der Waals surface area (Å²) in [6.45, 7) is 6.87. The van der Waals surface area contributed by atoms with Crippen molar-refractivity contribution in [2.75, 3.05) is 75.1 Å². The van der Waals surface area contributed by atoms with E-state index in [1.54, 1.807) is 7.11 Å². The van der Waals surface area contributed by atoms with Crippen molar-refractivity contribution in [1.82, 2.24) is 19.8 Å². The molecule has 2 aromatic carbocycles. The van der Waals surface area contributed by atoms with E-state index in [4.69, 9.17) is 10.5 Å². The summed E-state index contributed by atoms with van der Waals surface area (Å²) < 4.78 is 5.77. The Kier molecular flexibility index (Phi) is 7.81. The predicted octanol–water partition coefficient (Wildman–Crippen LogP) is 4.73. The van der Waals surface area contributed by atoms with Crippen molar-refractivity contribution in [2.45, 2.75) is 36.6 Å². The Bertz CT molecular complexity index is 1300. The smallest absolute Gasteiger partial charge is 0.229 e. The molecule has 3 aromatic rings. The summed E-state index contributed by atoms with van der Waals surface area (Å²) in [7, 11) is 3.93. The van der Waals surface area contributed by atoms with Gasteiger partial charge in [-0.1, -0.05) is 18.2 Å². The number of nitrogens with one attached hydrogen (secondary N) is 1. The minimum Gasteiger partial charge on any atom is -0.494 e. The van der Waals surface area contributed by atoms with Gasteiger partial charge >= 0.3 is 0 Å². The molecule has 3 N–H and O–H groups in total. The summed E-state index contributed by atoms with van der Waals surface area (Å²) in [6, 6.07) is 13.5. The van der Waals surface area contributed by atoms with Gasteiger partial charge in [0.15, 0.2) is 0 Å². The minimum absolute atomic E-state index is 0.466. The summed E-state index contributed by atoms with van der Waals surface area (Å²) in [4.78, 5) is 18.1. The Morgan fingerprint density at radius 1 is 1.03 bits per heavy atom. The fourth-order valence-corrected chi connectivity index (χ4v) is 7.22. The number of nitrogen functional groups attached to an aromatic ring is 1. The molecule has 3 aliphatic rings. The standard InChI is InChI=1S/C30H39N7OS/c1-35-14-16-37(17-15-35)22-10-12-36(13-11-22)23-8-9-26(27(19-23)38-2)33-30-32-20-25(29(31)34-30)24-7-3-5-21-6-4-18-39-28(21)24/h3,5,7-9,19-20,22H,4,6,10-18H2,1-2H3,(H3,31,32,33,34). The number of nitrogens with two attached hydrogens (primary N) is 1. The summed E-state index contributed by atoms with van der Waals surface area (Å²) in [6.07, 6.45) is 6.57. The molecule has 0 spiro atoms. The largest absolute Gasteiger partial charge is 0.494 e. The van der Waals surface area contributed by atoms with E-state index in [9.17, 15) is 0 Å². The van der Waals surface area contributed by atoms with Gasteiger partial charge in [-0.3, -0.25) is 4.90 Å². The van der Waals surface area contributed by atoms with Crippen molar-refractivity contribution in [2.24, 2.45) is 0 Å². The van der Waals surface area contributed by atoms with E-state index in [0.29, 0.717) is 17.8 Å². The molecule has 3 aliphatic heterocycles. The fraction of sp³-hybridized carbons (Fsp3) is 0.467. The third-order valence-corrected chi connectivity index (χ3v) is 9.62. The van der Waals surface area contributed by atoms with Gasteiger partial charge in [0.1, 0.15) is 11.6 Å². The monoisotopic (exact) mass is 545 g/mol. The molecular formula is C30H39N7OS. The van der Waals surface area contributed by atoms with Gasteiger partial charge in [0.25, 0.3) is 0 Å². The van der Waals surface area contributed by atoms with E-state index in [0.717, 1.165) is 47.8 Å². The maximum Gasteiger partial charge on any atom is 0.229 e. The SMILES string of the molecule is COc1cc(N2CCC(N3CCN(C)CC3)CC2)ccc1Nc1ncc(-c2cccc3c2SCCC3)c(N)n1. The molecular weight excluding hydrogens is 506 g/mol. The first kappa shape index (κ1) is 26.2. The molecule has 0 aliphatic carbocycles. The lowest BCUT2D eigenvalue weighted by atomic mass is 10.0. The van der Waals surface area contributed by atoms with Gasteiger partial charge < -0.3 is 25.6 Å². The number of piperazine rings is 1. The van der Waals surface area contributed by atoms with Crippen LogP contribution in [-0.2, 0) is 6.42 Å². The maximum absolute atomic E-state index is 6.46. The number of rotatable bonds is 6. The Balaban J connectivity index is 1.13. The molecule has 2 fully saturated rings. The van der Waals surface area contributed by atoms with Gasteiger partial charge in [-0.25, -0.2) is 4.98 Å². The summed E-state index contributed by atoms with van der Waals surface area (Å²) in [5.41, 5.74) is 11.9. The molecule has 8 nitrogen and oxygen atoms in total. The normalized spacial score (nSPS) is 19.1. The molecule has 206 valence electrons. The van der Waals surface area contributed by atoms with Crippen LogP contribution in [-0.4, -0.2) is 85.0 Å². The number of fused-ring (bicyclic) bond motifs is 1. The molecule has 0 saturated carbocycles. The number of aromatic nitrogens is 2. The van der Waals surface area contributed by atoms with Crippen LogP contribution >= 0.6 is 11.8 Å². The lowest BCUT2D eigenvalue weighted by molar-refractivity contribution is 0.0982. The highest BCUT2D eigenvalue weighted by atomic mass is 32.2. The highest BCUT2D eigenvalue weighted by Gasteiger charge is 2.27. The highest BCUT2D eigenvalue weighted by Crippen LogP contribution is 2.40. The van der Waals surface area contributed by atoms with Crippen molar-refractivity contribution in [1.29, 1.82) is 0 Å². The predicted molar refractivity (Wildman–Crippen MR) is 162 cm³/mol. The fourth-order valence-electron chi connectivity index (χ4n) is 6.04. The average Bonchev–Trinajstić information content (AvgIpc) is 2.98. The van der Waals surface area contributed by atoms with Crippen molar-refractivity contribution < 1.29 is 4.74 Å². The zero-order valence-corrected chi connectivity index (χ0v) is 23.8. The number of anilines is 4. The number of hydrogen-bond acceptors (Lipinski definition) is 9. The third-order valence-electron chi connectivity index (χ3n) is 8.36. The number of thioether (sulfide) groups is 1. The van der Waals surface area contributed by atoms with Crippen LogP contribution in [0.4, 0.5) is 23.1 Å². The highest BCUT2D eigenvalue weighted by molar-refractivity contribution is 7.99. The lowest BCUT2D eigenvalue weighted by Gasteiger charge is -2.42. The topological polar surface area (TPSA) is 82.8 Å². The molecule has 0 amide bonds. The molecule has 6 rings (SSSR count). The van der Waals surface area contributed by atoms with Crippen molar-refractivity contribution in [3.63, 3.8) is 0 Å². The molecule has 1 aromatic heterocycles. The minimum atomic E-state index is 0.466. The number of ether oxygens (including phenoxy) is 1. The first-order valence-corrected chi connectivity index (χ1v) is 15.1. The number of methoxy groups -OCH3 is 1. The first-order valence-electron chi connectivity index (χ1n) is 14.1. The van der Waals surface area contributed by atoms with Crippen LogP contribution in [0.5, 0.6) is 5.75 Å². The molecule has 0 bridgehead atoms. The van der Waals surface area contributed by atoms with E-state index < -0.39 is 0 Å². The molecule has 0 unspecified atom stereocenters. The second kappa shape index (κ2) is 11.6. The van der Waals surface area contributed by atoms with Crippen molar-refractivity contribution >= 4 is 34.9 Å². The molecule has 39 heavy (non-hydrogen) atoms. The van der Waals surface area contributed by atoms with Crippen LogP contribution in [0.2, 0.25) is 0 Å². The van der Waals surface area contributed by atoms with Gasteiger partial charge in [-0.15, -0.1) is 11.8 Å². The van der Waals surface area contributed by atoms with Crippen LogP contribution in [0.3, 0.4) is 0 Å². The van der Waals surface area contributed by atoms with E-state index in [1.807, 2.05) is 18.0 Å². The van der Waals surface area contributed by atoms with Crippen LogP contribution in [0.15, 0.2) is 47.5 Å². The van der Waals surface area contributed by atoms with Crippen LogP contribution < -0.4 is 20.7 Å². The zero-order valence-electron chi connectivity index (χ0n) is 23.0. The molecule has 2 saturated heterocycles. The lowest BCUT2D eigenvalue weighted by Crippen LogP contribution is -2.52. The number of nitrogens with zero attached hydrogens (tertiary/aromatic N) is 5. The molecule has 0 radical (unpaired) electrons. The quantitative estimate of drug-likeness (QED) is 0.457. The van der Waals surface area contributed by atoms with E-state index in [-0.39, 0.29) is 0 Å². The number of hydrogen-bond donors (Lipinski definition) is 2. The molecule has 4 heterocycles. The van der Waals surface area contributed by atoms with E-state index in [1.165, 1.54) is 61.6 Å². The third kappa shape index (κ3) is 5.66. The Hall–Kier alpha value is -3.01. The van der Waals surface area contributed by atoms with Crippen LogP contribution in [0.25, 0.3) is 11.1 Å². The Labute approximate surface area is 235 Å². The summed E-state index contributed by atoms with van der Waals surface area (Å²) >= 11 is 1.90. The van der Waals surface area contributed by atoms with Gasteiger partial charge in [-0.2, -0.15) is 4.98 Å².